The van der Waals surface area contributed by atoms with Crippen LogP contribution >= 0.6 is 0 Å². The second-order valence-corrected chi connectivity index (χ2v) is 6.27. The standard InChI is InChI=1S/C19H25NO5/c1-13(2)19(24)25-12-16-7-5-15(6-8-16)10-17(22)11-20-18(23)9-4-14(3)21/h5-8,13H,4,9-12H2,1-3H3,(H,20,23). The van der Waals surface area contributed by atoms with Gasteiger partial charge in [-0.3, -0.25) is 14.4 Å². The summed E-state index contributed by atoms with van der Waals surface area (Å²) in [6.45, 7) is 5.12. The number of benzene rings is 1. The molecule has 1 aromatic carbocycles. The molecule has 0 bridgehead atoms. The fourth-order valence-electron chi connectivity index (χ4n) is 1.94. The fraction of sp³-hybridized carbons (Fsp3) is 0.474. The highest BCUT2D eigenvalue weighted by Gasteiger charge is 2.10. The van der Waals surface area contributed by atoms with Crippen molar-refractivity contribution in [3.05, 3.63) is 35.4 Å². The lowest BCUT2D eigenvalue weighted by molar-refractivity contribution is -0.148. The summed E-state index contributed by atoms with van der Waals surface area (Å²) in [5.74, 6) is -0.885. The molecule has 1 amide bonds. The Morgan fingerprint density at radius 1 is 1.00 bits per heavy atom. The molecule has 0 radical (unpaired) electrons. The molecular formula is C19H25NO5. The highest BCUT2D eigenvalue weighted by molar-refractivity contribution is 5.89. The van der Waals surface area contributed by atoms with E-state index in [2.05, 4.69) is 5.32 Å². The number of carbonyl (C=O) groups is 4. The molecule has 136 valence electrons. The Balaban J connectivity index is 2.36. The maximum Gasteiger partial charge on any atom is 0.308 e. The van der Waals surface area contributed by atoms with Crippen LogP contribution in [-0.2, 0) is 36.9 Å². The molecule has 0 aliphatic heterocycles. The molecule has 0 saturated carbocycles. The van der Waals surface area contributed by atoms with E-state index >= 15 is 0 Å². The van der Waals surface area contributed by atoms with Gasteiger partial charge >= 0.3 is 5.97 Å². The SMILES string of the molecule is CC(=O)CCC(=O)NCC(=O)Cc1ccc(COC(=O)C(C)C)cc1. The minimum absolute atomic E-state index is 0.0511. The Hall–Kier alpha value is -2.50. The van der Waals surface area contributed by atoms with Crippen molar-refractivity contribution in [2.75, 3.05) is 6.54 Å². The van der Waals surface area contributed by atoms with Crippen molar-refractivity contribution in [3.63, 3.8) is 0 Å². The second kappa shape index (κ2) is 10.4. The van der Waals surface area contributed by atoms with Crippen molar-refractivity contribution >= 4 is 23.4 Å². The number of hydrogen-bond donors (Lipinski definition) is 1. The van der Waals surface area contributed by atoms with Crippen molar-refractivity contribution in [2.24, 2.45) is 5.92 Å². The summed E-state index contributed by atoms with van der Waals surface area (Å²) in [6, 6.07) is 7.21. The zero-order valence-corrected chi connectivity index (χ0v) is 15.0. The molecule has 1 aromatic rings. The van der Waals surface area contributed by atoms with Gasteiger partial charge in [0.05, 0.1) is 12.5 Å². The summed E-state index contributed by atoms with van der Waals surface area (Å²) >= 11 is 0. The summed E-state index contributed by atoms with van der Waals surface area (Å²) in [5, 5.41) is 2.51. The van der Waals surface area contributed by atoms with Crippen LogP contribution in [0.2, 0.25) is 0 Å². The number of nitrogens with one attached hydrogen (secondary N) is 1. The highest BCUT2D eigenvalue weighted by Crippen LogP contribution is 2.08. The van der Waals surface area contributed by atoms with Crippen LogP contribution in [-0.4, -0.2) is 30.0 Å². The van der Waals surface area contributed by atoms with Crippen molar-refractivity contribution in [3.8, 4) is 0 Å². The van der Waals surface area contributed by atoms with E-state index in [0.717, 1.165) is 11.1 Å². The zero-order valence-electron chi connectivity index (χ0n) is 15.0. The van der Waals surface area contributed by atoms with Crippen LogP contribution < -0.4 is 5.32 Å². The van der Waals surface area contributed by atoms with Gasteiger partial charge in [0.15, 0.2) is 5.78 Å². The molecule has 25 heavy (non-hydrogen) atoms. The average molecular weight is 347 g/mol. The maximum absolute atomic E-state index is 11.9. The van der Waals surface area contributed by atoms with Gasteiger partial charge in [-0.25, -0.2) is 0 Å². The summed E-state index contributed by atoms with van der Waals surface area (Å²) in [6.07, 6.45) is 0.494. The van der Waals surface area contributed by atoms with E-state index in [0.29, 0.717) is 0 Å². The third-order valence-electron chi connectivity index (χ3n) is 3.46. The monoisotopic (exact) mass is 347 g/mol. The first kappa shape index (κ1) is 20.5. The summed E-state index contributed by atoms with van der Waals surface area (Å²) < 4.78 is 5.14. The minimum atomic E-state index is -0.300. The molecule has 6 heteroatoms. The molecule has 1 rings (SSSR count). The lowest BCUT2D eigenvalue weighted by Crippen LogP contribution is -2.30. The minimum Gasteiger partial charge on any atom is -0.461 e. The van der Waals surface area contributed by atoms with Crippen LogP contribution in [0.1, 0.15) is 44.7 Å². The number of ketones is 2. The number of esters is 1. The zero-order chi connectivity index (χ0) is 18.8. The second-order valence-electron chi connectivity index (χ2n) is 6.27. The molecule has 0 saturated heterocycles. The van der Waals surface area contributed by atoms with Gasteiger partial charge < -0.3 is 14.8 Å². The van der Waals surface area contributed by atoms with E-state index in [-0.39, 0.29) is 61.8 Å². The summed E-state index contributed by atoms with van der Waals surface area (Å²) in [5.41, 5.74) is 1.67. The van der Waals surface area contributed by atoms with Crippen LogP contribution in [0.25, 0.3) is 0 Å². The number of carbonyl (C=O) groups excluding carboxylic acids is 4. The largest absolute Gasteiger partial charge is 0.461 e. The van der Waals surface area contributed by atoms with Gasteiger partial charge in [-0.05, 0) is 18.1 Å². The molecule has 0 fully saturated rings. The Morgan fingerprint density at radius 2 is 1.60 bits per heavy atom. The number of hydrogen-bond acceptors (Lipinski definition) is 5. The van der Waals surface area contributed by atoms with E-state index in [1.165, 1.54) is 6.92 Å². The summed E-state index contributed by atoms with van der Waals surface area (Å²) in [7, 11) is 0. The lowest BCUT2D eigenvalue weighted by atomic mass is 10.1. The van der Waals surface area contributed by atoms with Gasteiger partial charge in [0.2, 0.25) is 5.91 Å². The predicted octanol–water partition coefficient (Wildman–Crippen LogP) is 1.98. The van der Waals surface area contributed by atoms with Crippen LogP contribution in [0, 0.1) is 5.92 Å². The van der Waals surface area contributed by atoms with Crippen LogP contribution in [0.3, 0.4) is 0 Å². The topological polar surface area (TPSA) is 89.5 Å². The van der Waals surface area contributed by atoms with E-state index in [1.54, 1.807) is 26.0 Å². The Morgan fingerprint density at radius 3 is 2.16 bits per heavy atom. The van der Waals surface area contributed by atoms with E-state index in [9.17, 15) is 19.2 Å². The Bertz CT molecular complexity index is 619. The van der Waals surface area contributed by atoms with Gasteiger partial charge in [-0.1, -0.05) is 38.1 Å². The molecule has 6 nitrogen and oxygen atoms in total. The van der Waals surface area contributed by atoms with Crippen LogP contribution in [0.15, 0.2) is 24.3 Å². The van der Waals surface area contributed by atoms with E-state index in [1.807, 2.05) is 12.1 Å². The van der Waals surface area contributed by atoms with E-state index < -0.39 is 0 Å². The molecular weight excluding hydrogens is 322 g/mol. The van der Waals surface area contributed by atoms with Crippen molar-refractivity contribution in [2.45, 2.75) is 46.6 Å². The average Bonchev–Trinajstić information content (AvgIpc) is 2.57. The molecule has 0 heterocycles. The van der Waals surface area contributed by atoms with Gasteiger partial charge in [-0.2, -0.15) is 0 Å². The normalized spacial score (nSPS) is 10.4. The highest BCUT2D eigenvalue weighted by atomic mass is 16.5. The third kappa shape index (κ3) is 8.79. The first-order chi connectivity index (χ1) is 11.8. The molecule has 0 spiro atoms. The van der Waals surface area contributed by atoms with Gasteiger partial charge in [-0.15, -0.1) is 0 Å². The Labute approximate surface area is 147 Å². The molecule has 0 aliphatic rings. The van der Waals surface area contributed by atoms with Gasteiger partial charge in [0, 0.05) is 19.3 Å². The van der Waals surface area contributed by atoms with Crippen LogP contribution in [0.4, 0.5) is 0 Å². The van der Waals surface area contributed by atoms with Gasteiger partial charge in [0.1, 0.15) is 12.4 Å². The van der Waals surface area contributed by atoms with Crippen LogP contribution in [0.5, 0.6) is 0 Å². The predicted molar refractivity (Wildman–Crippen MR) is 92.7 cm³/mol. The van der Waals surface area contributed by atoms with Crippen molar-refractivity contribution in [1.82, 2.24) is 5.32 Å². The molecule has 1 N–H and O–H groups in total. The molecule has 0 atom stereocenters. The van der Waals surface area contributed by atoms with Crippen molar-refractivity contribution in [1.29, 1.82) is 0 Å². The molecule has 0 unspecified atom stereocenters. The fourth-order valence-corrected chi connectivity index (χ4v) is 1.94. The van der Waals surface area contributed by atoms with E-state index in [4.69, 9.17) is 4.74 Å². The maximum atomic E-state index is 11.9. The first-order valence-corrected chi connectivity index (χ1v) is 8.30. The lowest BCUT2D eigenvalue weighted by Gasteiger charge is -2.08. The number of amides is 1. The Kier molecular flexibility index (Phi) is 8.53. The smallest absolute Gasteiger partial charge is 0.308 e. The number of Topliss-reactive ketones (excluding diaryl/α,β-unsaturated/α-hetero) is 2. The van der Waals surface area contributed by atoms with Crippen molar-refractivity contribution < 1.29 is 23.9 Å². The van der Waals surface area contributed by atoms with Gasteiger partial charge in [0.25, 0.3) is 0 Å². The third-order valence-corrected chi connectivity index (χ3v) is 3.46. The first-order valence-electron chi connectivity index (χ1n) is 8.30. The summed E-state index contributed by atoms with van der Waals surface area (Å²) in [4.78, 5) is 45.6. The number of rotatable bonds is 10. The molecule has 0 aromatic heterocycles. The molecule has 0 aliphatic carbocycles. The number of ether oxygens (including phenoxy) is 1. The quantitative estimate of drug-likeness (QED) is 0.654.